The topological polar surface area (TPSA) is 35.0 Å². The SMILES string of the molecule is Cc1c(Cl)ncnc1OC1CC(C)CCC1C(C)C. The molecule has 3 unspecified atom stereocenters. The summed E-state index contributed by atoms with van der Waals surface area (Å²) in [5, 5.41) is 0.481. The molecule has 3 atom stereocenters. The summed E-state index contributed by atoms with van der Waals surface area (Å²) in [4.78, 5) is 8.21. The molecule has 1 aliphatic carbocycles. The lowest BCUT2D eigenvalue weighted by Gasteiger charge is -2.37. The van der Waals surface area contributed by atoms with Gasteiger partial charge in [0.25, 0.3) is 0 Å². The molecule has 0 aromatic carbocycles. The Kier molecular flexibility index (Phi) is 4.67. The summed E-state index contributed by atoms with van der Waals surface area (Å²) in [5.74, 6) is 2.60. The number of hydrogen-bond donors (Lipinski definition) is 0. The third-order valence-corrected chi connectivity index (χ3v) is 4.58. The van der Waals surface area contributed by atoms with Crippen LogP contribution in [0.25, 0.3) is 0 Å². The minimum atomic E-state index is 0.244. The highest BCUT2D eigenvalue weighted by Crippen LogP contribution is 2.36. The van der Waals surface area contributed by atoms with Gasteiger partial charge in [-0.25, -0.2) is 9.97 Å². The van der Waals surface area contributed by atoms with Crippen LogP contribution in [0.5, 0.6) is 5.88 Å². The maximum Gasteiger partial charge on any atom is 0.221 e. The number of hydrogen-bond acceptors (Lipinski definition) is 3. The summed E-state index contributed by atoms with van der Waals surface area (Å²) in [6, 6.07) is 0. The molecule has 1 heterocycles. The monoisotopic (exact) mass is 282 g/mol. The lowest BCUT2D eigenvalue weighted by Crippen LogP contribution is -2.36. The quantitative estimate of drug-likeness (QED) is 0.776. The van der Waals surface area contributed by atoms with Crippen LogP contribution in [0.4, 0.5) is 0 Å². The maximum atomic E-state index is 6.18. The fraction of sp³-hybridized carbons (Fsp3) is 0.733. The van der Waals surface area contributed by atoms with Gasteiger partial charge < -0.3 is 4.74 Å². The van der Waals surface area contributed by atoms with E-state index in [9.17, 15) is 0 Å². The van der Waals surface area contributed by atoms with Crippen LogP contribution in [0, 0.1) is 24.7 Å². The Labute approximate surface area is 120 Å². The molecule has 1 fully saturated rings. The first-order valence-corrected chi connectivity index (χ1v) is 7.50. The van der Waals surface area contributed by atoms with Crippen molar-refractivity contribution in [2.75, 3.05) is 0 Å². The first kappa shape index (κ1) is 14.6. The van der Waals surface area contributed by atoms with E-state index in [0.29, 0.717) is 22.9 Å². The van der Waals surface area contributed by atoms with Crippen molar-refractivity contribution in [1.82, 2.24) is 9.97 Å². The van der Waals surface area contributed by atoms with E-state index in [1.807, 2.05) is 6.92 Å². The van der Waals surface area contributed by atoms with Crippen LogP contribution in [0.3, 0.4) is 0 Å². The summed E-state index contributed by atoms with van der Waals surface area (Å²) >= 11 is 6.03. The molecule has 106 valence electrons. The van der Waals surface area contributed by atoms with Gasteiger partial charge in [0.1, 0.15) is 17.6 Å². The molecular weight excluding hydrogens is 260 g/mol. The fourth-order valence-electron chi connectivity index (χ4n) is 2.93. The van der Waals surface area contributed by atoms with Gasteiger partial charge in [-0.2, -0.15) is 0 Å². The Morgan fingerprint density at radius 1 is 1.32 bits per heavy atom. The molecule has 0 radical (unpaired) electrons. The second-order valence-corrected chi connectivity index (χ2v) is 6.44. The van der Waals surface area contributed by atoms with Crippen LogP contribution >= 0.6 is 11.6 Å². The van der Waals surface area contributed by atoms with Gasteiger partial charge in [-0.15, -0.1) is 0 Å². The van der Waals surface area contributed by atoms with E-state index in [1.165, 1.54) is 19.2 Å². The van der Waals surface area contributed by atoms with Crippen molar-refractivity contribution in [2.24, 2.45) is 17.8 Å². The smallest absolute Gasteiger partial charge is 0.221 e. The number of ether oxygens (including phenoxy) is 1. The summed E-state index contributed by atoms with van der Waals surface area (Å²) in [6.07, 6.45) is 5.35. The molecule has 19 heavy (non-hydrogen) atoms. The number of halogens is 1. The van der Waals surface area contributed by atoms with Gasteiger partial charge in [-0.3, -0.25) is 0 Å². The molecule has 0 spiro atoms. The Bertz CT molecular complexity index is 436. The van der Waals surface area contributed by atoms with Gasteiger partial charge in [0.15, 0.2) is 0 Å². The molecule has 1 aromatic rings. The van der Waals surface area contributed by atoms with Crippen molar-refractivity contribution in [3.63, 3.8) is 0 Å². The highest BCUT2D eigenvalue weighted by molar-refractivity contribution is 6.30. The van der Waals surface area contributed by atoms with Crippen molar-refractivity contribution in [1.29, 1.82) is 0 Å². The second-order valence-electron chi connectivity index (χ2n) is 6.08. The van der Waals surface area contributed by atoms with E-state index < -0.39 is 0 Å². The third kappa shape index (κ3) is 3.38. The highest BCUT2D eigenvalue weighted by atomic mass is 35.5. The van der Waals surface area contributed by atoms with Crippen LogP contribution < -0.4 is 4.74 Å². The fourth-order valence-corrected chi connectivity index (χ4v) is 3.05. The summed E-state index contributed by atoms with van der Waals surface area (Å²) < 4.78 is 6.18. The molecule has 0 N–H and O–H groups in total. The Morgan fingerprint density at radius 2 is 2.05 bits per heavy atom. The molecule has 0 amide bonds. The zero-order chi connectivity index (χ0) is 14.0. The zero-order valence-electron chi connectivity index (χ0n) is 12.2. The average molecular weight is 283 g/mol. The molecule has 1 saturated carbocycles. The predicted octanol–water partition coefficient (Wildman–Crippen LogP) is 4.28. The van der Waals surface area contributed by atoms with Crippen LogP contribution in [0.15, 0.2) is 6.33 Å². The van der Waals surface area contributed by atoms with E-state index in [-0.39, 0.29) is 6.10 Å². The average Bonchev–Trinajstić information content (AvgIpc) is 2.35. The summed E-state index contributed by atoms with van der Waals surface area (Å²) in [7, 11) is 0. The third-order valence-electron chi connectivity index (χ3n) is 4.20. The summed E-state index contributed by atoms with van der Waals surface area (Å²) in [5.41, 5.74) is 0.838. The van der Waals surface area contributed by atoms with Gasteiger partial charge in [0.05, 0.1) is 0 Å². The molecule has 2 rings (SSSR count). The van der Waals surface area contributed by atoms with Gasteiger partial charge in [-0.05, 0) is 37.5 Å². The van der Waals surface area contributed by atoms with Crippen molar-refractivity contribution in [3.05, 3.63) is 17.0 Å². The van der Waals surface area contributed by atoms with Crippen molar-refractivity contribution < 1.29 is 4.74 Å². The van der Waals surface area contributed by atoms with E-state index in [4.69, 9.17) is 16.3 Å². The molecule has 0 aliphatic heterocycles. The number of rotatable bonds is 3. The number of nitrogens with zero attached hydrogens (tertiary/aromatic N) is 2. The molecule has 0 saturated heterocycles. The Balaban J connectivity index is 2.16. The lowest BCUT2D eigenvalue weighted by molar-refractivity contribution is 0.0420. The Morgan fingerprint density at radius 3 is 2.74 bits per heavy atom. The highest BCUT2D eigenvalue weighted by Gasteiger charge is 2.32. The molecule has 1 aromatic heterocycles. The van der Waals surface area contributed by atoms with Gasteiger partial charge in [-0.1, -0.05) is 38.8 Å². The molecule has 0 bridgehead atoms. The zero-order valence-corrected chi connectivity index (χ0v) is 12.9. The predicted molar refractivity (Wildman–Crippen MR) is 77.5 cm³/mol. The number of aromatic nitrogens is 2. The van der Waals surface area contributed by atoms with E-state index in [0.717, 1.165) is 17.9 Å². The van der Waals surface area contributed by atoms with Crippen molar-refractivity contribution >= 4 is 11.6 Å². The first-order valence-electron chi connectivity index (χ1n) is 7.12. The van der Waals surface area contributed by atoms with Crippen LogP contribution in [0.1, 0.15) is 45.6 Å². The van der Waals surface area contributed by atoms with Crippen molar-refractivity contribution in [2.45, 2.75) is 53.1 Å². The molecule has 1 aliphatic rings. The minimum Gasteiger partial charge on any atom is -0.474 e. The summed E-state index contributed by atoms with van der Waals surface area (Å²) in [6.45, 7) is 8.76. The standard InChI is InChI=1S/C15H23ClN2O/c1-9(2)12-6-5-10(3)7-13(12)19-15-11(4)14(16)17-8-18-15/h8-10,12-13H,5-7H2,1-4H3. The minimum absolute atomic E-state index is 0.244. The normalized spacial score (nSPS) is 27.6. The van der Waals surface area contributed by atoms with Gasteiger partial charge >= 0.3 is 0 Å². The maximum absolute atomic E-state index is 6.18. The van der Waals surface area contributed by atoms with Crippen LogP contribution in [0.2, 0.25) is 5.15 Å². The molecular formula is C15H23ClN2O. The largest absolute Gasteiger partial charge is 0.474 e. The molecule has 4 heteroatoms. The van der Waals surface area contributed by atoms with E-state index >= 15 is 0 Å². The van der Waals surface area contributed by atoms with E-state index in [2.05, 4.69) is 30.7 Å². The van der Waals surface area contributed by atoms with E-state index in [1.54, 1.807) is 0 Å². The van der Waals surface area contributed by atoms with Gasteiger partial charge in [0.2, 0.25) is 5.88 Å². The second kappa shape index (κ2) is 6.08. The lowest BCUT2D eigenvalue weighted by atomic mass is 9.75. The van der Waals surface area contributed by atoms with Crippen molar-refractivity contribution in [3.8, 4) is 5.88 Å². The first-order chi connectivity index (χ1) is 8.99. The van der Waals surface area contributed by atoms with Crippen LogP contribution in [-0.2, 0) is 0 Å². The van der Waals surface area contributed by atoms with Crippen LogP contribution in [-0.4, -0.2) is 16.1 Å². The Hall–Kier alpha value is -0.830. The molecule has 3 nitrogen and oxygen atoms in total. The van der Waals surface area contributed by atoms with Gasteiger partial charge in [0, 0.05) is 5.56 Å².